The number of nitrogens with zero attached hydrogens (tertiary/aromatic N) is 1. The molecular formula is C17H27FN2O. The molecule has 3 nitrogen and oxygen atoms in total. The van der Waals surface area contributed by atoms with Gasteiger partial charge in [0.1, 0.15) is 5.82 Å². The molecule has 21 heavy (non-hydrogen) atoms. The largest absolute Gasteiger partial charge is 0.379 e. The van der Waals surface area contributed by atoms with Gasteiger partial charge in [0.05, 0.1) is 6.10 Å². The van der Waals surface area contributed by atoms with Crippen LogP contribution in [-0.4, -0.2) is 32.8 Å². The number of ether oxygens (including phenoxy) is 1. The van der Waals surface area contributed by atoms with Gasteiger partial charge in [-0.2, -0.15) is 0 Å². The van der Waals surface area contributed by atoms with Gasteiger partial charge in [-0.15, -0.1) is 0 Å². The summed E-state index contributed by atoms with van der Waals surface area (Å²) in [5.41, 5.74) is 1.76. The van der Waals surface area contributed by atoms with Crippen molar-refractivity contribution in [2.75, 3.05) is 31.6 Å². The van der Waals surface area contributed by atoms with Gasteiger partial charge in [0.15, 0.2) is 0 Å². The lowest BCUT2D eigenvalue weighted by atomic mass is 9.94. The molecule has 3 atom stereocenters. The molecule has 1 aliphatic rings. The number of hydrogen-bond donors (Lipinski definition) is 1. The van der Waals surface area contributed by atoms with E-state index in [9.17, 15) is 4.39 Å². The Hall–Kier alpha value is -1.13. The number of nitrogens with one attached hydrogen (secondary N) is 1. The Labute approximate surface area is 127 Å². The van der Waals surface area contributed by atoms with E-state index in [0.717, 1.165) is 37.3 Å². The van der Waals surface area contributed by atoms with Gasteiger partial charge in [0.2, 0.25) is 0 Å². The van der Waals surface area contributed by atoms with Crippen molar-refractivity contribution in [2.24, 2.45) is 5.92 Å². The Morgan fingerprint density at radius 2 is 2.24 bits per heavy atom. The molecule has 0 saturated carbocycles. The molecule has 4 heteroatoms. The van der Waals surface area contributed by atoms with E-state index in [-0.39, 0.29) is 18.0 Å². The molecule has 0 bridgehead atoms. The number of anilines is 1. The molecule has 1 aliphatic heterocycles. The van der Waals surface area contributed by atoms with E-state index in [1.54, 1.807) is 19.2 Å². The summed E-state index contributed by atoms with van der Waals surface area (Å²) in [4.78, 5) is 2.26. The van der Waals surface area contributed by atoms with E-state index in [4.69, 9.17) is 4.74 Å². The zero-order valence-electron chi connectivity index (χ0n) is 13.5. The second kappa shape index (κ2) is 7.23. The van der Waals surface area contributed by atoms with Crippen molar-refractivity contribution >= 4 is 5.69 Å². The number of hydrogen-bond acceptors (Lipinski definition) is 3. The first-order valence-electron chi connectivity index (χ1n) is 7.88. The Morgan fingerprint density at radius 3 is 2.90 bits per heavy atom. The SMILES string of the molecule is CCNC(C)c1c(F)cccc1N1CCC(C)C(OC)C1. The molecule has 1 aromatic rings. The van der Waals surface area contributed by atoms with Crippen LogP contribution >= 0.6 is 0 Å². The van der Waals surface area contributed by atoms with Crippen LogP contribution in [0, 0.1) is 11.7 Å². The van der Waals surface area contributed by atoms with Crippen LogP contribution in [0.2, 0.25) is 0 Å². The molecule has 1 heterocycles. The maximum atomic E-state index is 14.3. The van der Waals surface area contributed by atoms with Crippen LogP contribution in [0.4, 0.5) is 10.1 Å². The number of halogens is 1. The minimum absolute atomic E-state index is 0.00606. The van der Waals surface area contributed by atoms with Crippen LogP contribution in [0.1, 0.15) is 38.8 Å². The summed E-state index contributed by atoms with van der Waals surface area (Å²) in [5, 5.41) is 3.32. The maximum absolute atomic E-state index is 14.3. The summed E-state index contributed by atoms with van der Waals surface area (Å²) in [7, 11) is 1.76. The normalized spacial score (nSPS) is 24.1. The van der Waals surface area contributed by atoms with Crippen molar-refractivity contribution in [3.63, 3.8) is 0 Å². The summed E-state index contributed by atoms with van der Waals surface area (Å²) >= 11 is 0. The molecule has 0 spiro atoms. The molecule has 0 amide bonds. The standard InChI is InChI=1S/C17H27FN2O/c1-5-19-13(3)17-14(18)7-6-8-15(17)20-10-9-12(2)16(11-20)21-4/h6-8,12-13,16,19H,5,9-11H2,1-4H3. The number of benzene rings is 1. The number of methoxy groups -OCH3 is 1. The molecule has 1 aromatic carbocycles. The van der Waals surface area contributed by atoms with Crippen molar-refractivity contribution in [2.45, 2.75) is 39.3 Å². The van der Waals surface area contributed by atoms with Gasteiger partial charge in [-0.05, 0) is 37.9 Å². The Kier molecular flexibility index (Phi) is 5.59. The van der Waals surface area contributed by atoms with Gasteiger partial charge in [-0.25, -0.2) is 4.39 Å². The van der Waals surface area contributed by atoms with E-state index in [1.165, 1.54) is 0 Å². The van der Waals surface area contributed by atoms with Gasteiger partial charge in [-0.1, -0.05) is 19.9 Å². The second-order valence-electron chi connectivity index (χ2n) is 5.94. The van der Waals surface area contributed by atoms with Gasteiger partial charge in [0, 0.05) is 37.5 Å². The van der Waals surface area contributed by atoms with Crippen LogP contribution < -0.4 is 10.2 Å². The van der Waals surface area contributed by atoms with E-state index in [1.807, 2.05) is 19.9 Å². The minimum Gasteiger partial charge on any atom is -0.379 e. The van der Waals surface area contributed by atoms with E-state index >= 15 is 0 Å². The molecule has 2 rings (SSSR count). The molecule has 1 N–H and O–H groups in total. The average molecular weight is 294 g/mol. The summed E-state index contributed by atoms with van der Waals surface area (Å²) in [5.74, 6) is 0.419. The van der Waals surface area contributed by atoms with Crippen LogP contribution in [0.25, 0.3) is 0 Å². The zero-order valence-corrected chi connectivity index (χ0v) is 13.5. The van der Waals surface area contributed by atoms with E-state index in [2.05, 4.69) is 17.1 Å². The molecule has 0 aliphatic carbocycles. The smallest absolute Gasteiger partial charge is 0.130 e. The van der Waals surface area contributed by atoms with Gasteiger partial charge in [-0.3, -0.25) is 0 Å². The summed E-state index contributed by atoms with van der Waals surface area (Å²) < 4.78 is 19.9. The fourth-order valence-corrected chi connectivity index (χ4v) is 3.20. The quantitative estimate of drug-likeness (QED) is 0.901. The highest BCUT2D eigenvalue weighted by atomic mass is 19.1. The van der Waals surface area contributed by atoms with Gasteiger partial charge in [0.25, 0.3) is 0 Å². The van der Waals surface area contributed by atoms with Crippen molar-refractivity contribution in [1.29, 1.82) is 0 Å². The third kappa shape index (κ3) is 3.55. The summed E-state index contributed by atoms with van der Waals surface area (Å²) in [6.07, 6.45) is 1.29. The molecule has 1 fully saturated rings. The summed E-state index contributed by atoms with van der Waals surface area (Å²) in [6, 6.07) is 5.38. The number of piperidine rings is 1. The van der Waals surface area contributed by atoms with Gasteiger partial charge < -0.3 is 15.0 Å². The van der Waals surface area contributed by atoms with Crippen molar-refractivity contribution in [1.82, 2.24) is 5.32 Å². The first-order chi connectivity index (χ1) is 10.1. The predicted molar refractivity (Wildman–Crippen MR) is 85.3 cm³/mol. The first-order valence-corrected chi connectivity index (χ1v) is 7.88. The lowest BCUT2D eigenvalue weighted by molar-refractivity contribution is 0.0497. The minimum atomic E-state index is -0.131. The topological polar surface area (TPSA) is 24.5 Å². The Balaban J connectivity index is 2.29. The van der Waals surface area contributed by atoms with Crippen LogP contribution in [0.5, 0.6) is 0 Å². The molecule has 1 saturated heterocycles. The predicted octanol–water partition coefficient (Wildman–Crippen LogP) is 3.36. The van der Waals surface area contributed by atoms with Crippen LogP contribution in [0.15, 0.2) is 18.2 Å². The third-order valence-electron chi connectivity index (χ3n) is 4.51. The maximum Gasteiger partial charge on any atom is 0.130 e. The highest BCUT2D eigenvalue weighted by Crippen LogP contribution is 2.32. The van der Waals surface area contributed by atoms with Crippen molar-refractivity contribution < 1.29 is 9.13 Å². The summed E-state index contributed by atoms with van der Waals surface area (Å²) in [6.45, 7) is 8.89. The van der Waals surface area contributed by atoms with E-state index < -0.39 is 0 Å². The molecule has 118 valence electrons. The molecular weight excluding hydrogens is 267 g/mol. The monoisotopic (exact) mass is 294 g/mol. The lowest BCUT2D eigenvalue weighted by Crippen LogP contribution is -2.44. The molecule has 0 radical (unpaired) electrons. The Morgan fingerprint density at radius 1 is 1.48 bits per heavy atom. The fraction of sp³-hybridized carbons (Fsp3) is 0.647. The fourth-order valence-electron chi connectivity index (χ4n) is 3.20. The highest BCUT2D eigenvalue weighted by Gasteiger charge is 2.28. The first kappa shape index (κ1) is 16.2. The zero-order chi connectivity index (χ0) is 15.4. The van der Waals surface area contributed by atoms with E-state index in [0.29, 0.717) is 5.92 Å². The number of rotatable bonds is 5. The average Bonchev–Trinajstić information content (AvgIpc) is 2.47. The Bertz CT molecular complexity index is 466. The second-order valence-corrected chi connectivity index (χ2v) is 5.94. The molecule has 0 aromatic heterocycles. The highest BCUT2D eigenvalue weighted by molar-refractivity contribution is 5.56. The third-order valence-corrected chi connectivity index (χ3v) is 4.51. The van der Waals surface area contributed by atoms with Crippen LogP contribution in [0.3, 0.4) is 0 Å². The van der Waals surface area contributed by atoms with Crippen molar-refractivity contribution in [3.05, 3.63) is 29.6 Å². The lowest BCUT2D eigenvalue weighted by Gasteiger charge is -2.39. The van der Waals surface area contributed by atoms with Crippen molar-refractivity contribution in [3.8, 4) is 0 Å². The van der Waals surface area contributed by atoms with Crippen LogP contribution in [-0.2, 0) is 4.74 Å². The molecule has 3 unspecified atom stereocenters. The van der Waals surface area contributed by atoms with Gasteiger partial charge >= 0.3 is 0 Å².